The van der Waals surface area contributed by atoms with Gasteiger partial charge in [0.15, 0.2) is 5.84 Å². The maximum Gasteiger partial charge on any atom is 0.282 e. The molecule has 1 aliphatic rings. The van der Waals surface area contributed by atoms with Crippen molar-refractivity contribution in [2.24, 2.45) is 4.99 Å². The van der Waals surface area contributed by atoms with E-state index in [1.807, 2.05) is 36.4 Å². The third kappa shape index (κ3) is 3.40. The van der Waals surface area contributed by atoms with Crippen molar-refractivity contribution in [2.45, 2.75) is 0 Å². The monoisotopic (exact) mass is 389 g/mol. The summed E-state index contributed by atoms with van der Waals surface area (Å²) in [6.07, 6.45) is 5.09. The number of methoxy groups -OCH3 is 1. The molecule has 6 heteroatoms. The maximum atomic E-state index is 13.2. The quantitative estimate of drug-likeness (QED) is 0.614. The molecule has 2 heterocycles. The minimum atomic E-state index is -0.222. The number of hydrogen-bond donors (Lipinski definition) is 0. The molecule has 0 bridgehead atoms. The van der Waals surface area contributed by atoms with Gasteiger partial charge in [0.2, 0.25) is 0 Å². The lowest BCUT2D eigenvalue weighted by Gasteiger charge is -2.20. The summed E-state index contributed by atoms with van der Waals surface area (Å²) in [7, 11) is 1.59. The number of hydrogen-bond acceptors (Lipinski definition) is 4. The highest BCUT2D eigenvalue weighted by Gasteiger charge is 2.33. The van der Waals surface area contributed by atoms with Crippen LogP contribution in [0.5, 0.6) is 5.75 Å². The standard InChI is InChI=1S/C22H16ClN3O2/c1-28-20-5-3-2-4-18(20)21-25-19(14-15-10-12-24-13-11-15)22(27)26(21)17-8-6-16(23)7-9-17/h2-14H,1H3/b19-14+. The first-order valence-corrected chi connectivity index (χ1v) is 8.99. The number of anilines is 1. The van der Waals surface area contributed by atoms with Gasteiger partial charge in [-0.05, 0) is 60.2 Å². The number of halogens is 1. The number of benzene rings is 2. The van der Waals surface area contributed by atoms with Gasteiger partial charge in [0.1, 0.15) is 11.4 Å². The van der Waals surface area contributed by atoms with E-state index in [4.69, 9.17) is 16.3 Å². The molecule has 2 aromatic carbocycles. The highest BCUT2D eigenvalue weighted by Crippen LogP contribution is 2.31. The summed E-state index contributed by atoms with van der Waals surface area (Å²) < 4.78 is 5.48. The van der Waals surface area contributed by atoms with Crippen LogP contribution < -0.4 is 9.64 Å². The van der Waals surface area contributed by atoms with Crippen LogP contribution in [0.3, 0.4) is 0 Å². The Kier molecular flexibility index (Phi) is 4.91. The molecule has 0 saturated carbocycles. The van der Waals surface area contributed by atoms with E-state index in [1.54, 1.807) is 54.7 Å². The van der Waals surface area contributed by atoms with Gasteiger partial charge in [-0.25, -0.2) is 4.99 Å². The number of aliphatic imine (C=N–C) groups is 1. The molecule has 0 unspecified atom stereocenters. The Morgan fingerprint density at radius 3 is 2.43 bits per heavy atom. The second kappa shape index (κ2) is 7.66. The number of carbonyl (C=O) groups excluding carboxylic acids is 1. The van der Waals surface area contributed by atoms with Crippen LogP contribution in [0.1, 0.15) is 11.1 Å². The molecule has 0 fully saturated rings. The lowest BCUT2D eigenvalue weighted by Crippen LogP contribution is -2.32. The van der Waals surface area contributed by atoms with Crippen LogP contribution in [0, 0.1) is 0 Å². The molecule has 5 nitrogen and oxygen atoms in total. The van der Waals surface area contributed by atoms with Gasteiger partial charge in [0, 0.05) is 17.4 Å². The predicted molar refractivity (Wildman–Crippen MR) is 111 cm³/mol. The molecule has 28 heavy (non-hydrogen) atoms. The molecule has 0 radical (unpaired) electrons. The van der Waals surface area contributed by atoms with Crippen LogP contribution in [-0.2, 0) is 4.79 Å². The number of nitrogens with zero attached hydrogens (tertiary/aromatic N) is 3. The second-order valence-corrected chi connectivity index (χ2v) is 6.50. The number of para-hydroxylation sites is 1. The van der Waals surface area contributed by atoms with Crippen molar-refractivity contribution in [1.29, 1.82) is 0 Å². The molecular formula is C22H16ClN3O2. The zero-order chi connectivity index (χ0) is 19.5. The molecule has 1 amide bonds. The first-order valence-electron chi connectivity index (χ1n) is 8.61. The van der Waals surface area contributed by atoms with Crippen LogP contribution in [0.25, 0.3) is 6.08 Å². The largest absolute Gasteiger partial charge is 0.496 e. The fourth-order valence-corrected chi connectivity index (χ4v) is 3.10. The maximum absolute atomic E-state index is 13.2. The molecule has 0 spiro atoms. The third-order valence-corrected chi connectivity index (χ3v) is 4.55. The van der Waals surface area contributed by atoms with E-state index in [0.717, 1.165) is 11.1 Å². The van der Waals surface area contributed by atoms with Gasteiger partial charge < -0.3 is 4.74 Å². The normalized spacial score (nSPS) is 15.1. The van der Waals surface area contributed by atoms with Crippen LogP contribution in [0.4, 0.5) is 5.69 Å². The fourth-order valence-electron chi connectivity index (χ4n) is 2.97. The predicted octanol–water partition coefficient (Wildman–Crippen LogP) is 4.58. The number of amides is 1. The minimum absolute atomic E-state index is 0.222. The van der Waals surface area contributed by atoms with E-state index in [0.29, 0.717) is 28.0 Å². The summed E-state index contributed by atoms with van der Waals surface area (Å²) in [5, 5.41) is 0.596. The topological polar surface area (TPSA) is 54.8 Å². The Morgan fingerprint density at radius 1 is 1.00 bits per heavy atom. The minimum Gasteiger partial charge on any atom is -0.496 e. The van der Waals surface area contributed by atoms with Gasteiger partial charge in [0.05, 0.1) is 18.4 Å². The number of pyridine rings is 1. The van der Waals surface area contributed by atoms with Crippen molar-refractivity contribution in [3.8, 4) is 5.75 Å². The van der Waals surface area contributed by atoms with E-state index in [1.165, 1.54) is 0 Å². The Labute approximate surface area is 167 Å². The zero-order valence-electron chi connectivity index (χ0n) is 15.0. The summed E-state index contributed by atoms with van der Waals surface area (Å²) in [5.74, 6) is 0.920. The Bertz CT molecular complexity index is 1080. The molecule has 3 aromatic rings. The summed E-state index contributed by atoms with van der Waals surface area (Å²) in [4.78, 5) is 23.5. The average Bonchev–Trinajstić information content (AvgIpc) is 3.05. The summed E-state index contributed by atoms with van der Waals surface area (Å²) in [5.41, 5.74) is 2.59. The lowest BCUT2D eigenvalue weighted by atomic mass is 10.1. The smallest absolute Gasteiger partial charge is 0.282 e. The van der Waals surface area contributed by atoms with Crippen LogP contribution in [-0.4, -0.2) is 23.8 Å². The summed E-state index contributed by atoms with van der Waals surface area (Å²) >= 11 is 6.02. The lowest BCUT2D eigenvalue weighted by molar-refractivity contribution is -0.113. The van der Waals surface area contributed by atoms with E-state index in [9.17, 15) is 4.79 Å². The van der Waals surface area contributed by atoms with Crippen molar-refractivity contribution >= 4 is 35.1 Å². The van der Waals surface area contributed by atoms with Crippen LogP contribution >= 0.6 is 11.6 Å². The van der Waals surface area contributed by atoms with Gasteiger partial charge in [-0.1, -0.05) is 23.7 Å². The van der Waals surface area contributed by atoms with Crippen LogP contribution in [0.15, 0.2) is 83.7 Å². The highest BCUT2D eigenvalue weighted by atomic mass is 35.5. The molecule has 0 aliphatic carbocycles. The molecule has 0 atom stereocenters. The van der Waals surface area contributed by atoms with Gasteiger partial charge >= 0.3 is 0 Å². The van der Waals surface area contributed by atoms with Gasteiger partial charge in [-0.3, -0.25) is 14.7 Å². The third-order valence-electron chi connectivity index (χ3n) is 4.30. The average molecular weight is 390 g/mol. The first kappa shape index (κ1) is 17.9. The van der Waals surface area contributed by atoms with Crippen LogP contribution in [0.2, 0.25) is 5.02 Å². The number of rotatable bonds is 4. The first-order chi connectivity index (χ1) is 13.7. The molecule has 0 N–H and O–H groups in total. The van der Waals surface area contributed by atoms with E-state index in [-0.39, 0.29) is 5.91 Å². The summed E-state index contributed by atoms with van der Waals surface area (Å²) in [6, 6.07) is 18.2. The molecule has 138 valence electrons. The molecule has 1 aromatic heterocycles. The number of aromatic nitrogens is 1. The fraction of sp³-hybridized carbons (Fsp3) is 0.0455. The summed E-state index contributed by atoms with van der Waals surface area (Å²) in [6.45, 7) is 0. The molecular weight excluding hydrogens is 374 g/mol. The van der Waals surface area contributed by atoms with Crippen molar-refractivity contribution in [2.75, 3.05) is 12.0 Å². The van der Waals surface area contributed by atoms with Crippen molar-refractivity contribution < 1.29 is 9.53 Å². The van der Waals surface area contributed by atoms with Crippen molar-refractivity contribution in [3.05, 3.63) is 94.9 Å². The Hall–Kier alpha value is -3.44. The van der Waals surface area contributed by atoms with E-state index in [2.05, 4.69) is 9.98 Å². The second-order valence-electron chi connectivity index (χ2n) is 6.06. The molecule has 1 aliphatic heterocycles. The van der Waals surface area contributed by atoms with E-state index >= 15 is 0 Å². The van der Waals surface area contributed by atoms with Gasteiger partial charge in [-0.15, -0.1) is 0 Å². The Morgan fingerprint density at radius 2 is 1.71 bits per heavy atom. The molecule has 4 rings (SSSR count). The van der Waals surface area contributed by atoms with E-state index < -0.39 is 0 Å². The van der Waals surface area contributed by atoms with Gasteiger partial charge in [0.25, 0.3) is 5.91 Å². The van der Waals surface area contributed by atoms with Crippen molar-refractivity contribution in [1.82, 2.24) is 4.98 Å². The number of carbonyl (C=O) groups is 1. The molecule has 0 saturated heterocycles. The Balaban J connectivity index is 1.86. The SMILES string of the molecule is COc1ccccc1C1=N/C(=C/c2ccncc2)C(=O)N1c1ccc(Cl)cc1. The van der Waals surface area contributed by atoms with Gasteiger partial charge in [-0.2, -0.15) is 0 Å². The number of amidine groups is 1. The zero-order valence-corrected chi connectivity index (χ0v) is 15.8. The number of ether oxygens (including phenoxy) is 1. The van der Waals surface area contributed by atoms with Crippen molar-refractivity contribution in [3.63, 3.8) is 0 Å². The highest BCUT2D eigenvalue weighted by molar-refractivity contribution is 6.34.